The number of nitrogens with zero attached hydrogens (tertiary/aromatic N) is 1. The fourth-order valence-corrected chi connectivity index (χ4v) is 3.00. The van der Waals surface area contributed by atoms with Gasteiger partial charge in [0.25, 0.3) is 5.91 Å². The number of benzene rings is 2. The molecule has 1 saturated heterocycles. The summed E-state index contributed by atoms with van der Waals surface area (Å²) in [6.45, 7) is 1.27. The van der Waals surface area contributed by atoms with E-state index >= 15 is 0 Å². The third-order valence-electron chi connectivity index (χ3n) is 4.28. The third kappa shape index (κ3) is 3.28. The maximum Gasteiger partial charge on any atom is 0.303 e. The number of hydrogen-bond acceptors (Lipinski definition) is 4. The first-order valence-corrected chi connectivity index (χ1v) is 7.99. The topological polar surface area (TPSA) is 89.7 Å². The van der Waals surface area contributed by atoms with Crippen LogP contribution in [0.15, 0.2) is 48.5 Å². The number of halogens is 1. The molecule has 0 bridgehead atoms. The molecule has 0 aliphatic carbocycles. The first kappa shape index (κ1) is 17.6. The van der Waals surface area contributed by atoms with Gasteiger partial charge < -0.3 is 15.4 Å². The molecule has 1 fully saturated rings. The lowest BCUT2D eigenvalue weighted by Crippen LogP contribution is -2.59. The molecule has 0 radical (unpaired) electrons. The Hall–Kier alpha value is -3.22. The average molecular weight is 356 g/mol. The highest BCUT2D eigenvalue weighted by atomic mass is 19.1. The van der Waals surface area contributed by atoms with Crippen molar-refractivity contribution in [2.24, 2.45) is 5.73 Å². The Bertz CT molecular complexity index is 866. The van der Waals surface area contributed by atoms with Crippen molar-refractivity contribution in [3.63, 3.8) is 0 Å². The lowest BCUT2D eigenvalue weighted by Gasteiger charge is -2.46. The van der Waals surface area contributed by atoms with Crippen molar-refractivity contribution in [2.45, 2.75) is 25.6 Å². The summed E-state index contributed by atoms with van der Waals surface area (Å²) in [6, 6.07) is 12.0. The Labute approximate surface area is 149 Å². The largest absolute Gasteiger partial charge is 0.450 e. The number of hydrogen-bond donors (Lipinski definition) is 1. The Morgan fingerprint density at radius 2 is 1.81 bits per heavy atom. The monoisotopic (exact) mass is 356 g/mol. The second-order valence-electron chi connectivity index (χ2n) is 6.02. The molecule has 2 N–H and O–H groups in total. The molecule has 1 heterocycles. The minimum Gasteiger partial charge on any atom is -0.450 e. The quantitative estimate of drug-likeness (QED) is 0.655. The third-order valence-corrected chi connectivity index (χ3v) is 4.28. The van der Waals surface area contributed by atoms with Crippen LogP contribution in [-0.2, 0) is 20.9 Å². The molecule has 2 aromatic carbocycles. The minimum absolute atomic E-state index is 0.0471. The molecule has 3 rings (SSSR count). The van der Waals surface area contributed by atoms with E-state index in [0.717, 1.165) is 0 Å². The average Bonchev–Trinajstić information content (AvgIpc) is 2.61. The van der Waals surface area contributed by atoms with Gasteiger partial charge in [-0.3, -0.25) is 14.4 Å². The minimum atomic E-state index is -0.973. The Morgan fingerprint density at radius 1 is 1.15 bits per heavy atom. The zero-order chi connectivity index (χ0) is 18.8. The number of esters is 1. The van der Waals surface area contributed by atoms with Crippen LogP contribution in [0.1, 0.15) is 34.5 Å². The van der Waals surface area contributed by atoms with Crippen molar-refractivity contribution < 1.29 is 23.5 Å². The highest BCUT2D eigenvalue weighted by Crippen LogP contribution is 2.38. The van der Waals surface area contributed by atoms with Crippen molar-refractivity contribution in [3.8, 4) is 0 Å². The van der Waals surface area contributed by atoms with E-state index in [1.807, 2.05) is 0 Å². The van der Waals surface area contributed by atoms with Gasteiger partial charge in [0.05, 0.1) is 0 Å². The summed E-state index contributed by atoms with van der Waals surface area (Å²) in [4.78, 5) is 36.4. The van der Waals surface area contributed by atoms with Gasteiger partial charge in [0.2, 0.25) is 12.0 Å². The van der Waals surface area contributed by atoms with E-state index in [2.05, 4.69) is 0 Å². The van der Waals surface area contributed by atoms with E-state index in [1.54, 1.807) is 30.3 Å². The van der Waals surface area contributed by atoms with E-state index in [-0.39, 0.29) is 6.54 Å². The Kier molecular flexibility index (Phi) is 4.71. The maximum absolute atomic E-state index is 13.9. The summed E-state index contributed by atoms with van der Waals surface area (Å²) >= 11 is 0. The van der Waals surface area contributed by atoms with Gasteiger partial charge in [-0.15, -0.1) is 0 Å². The van der Waals surface area contributed by atoms with Crippen LogP contribution in [0.4, 0.5) is 4.39 Å². The lowest BCUT2D eigenvalue weighted by atomic mass is 9.89. The van der Waals surface area contributed by atoms with Crippen LogP contribution in [-0.4, -0.2) is 28.8 Å². The first-order chi connectivity index (χ1) is 12.4. The molecule has 2 unspecified atom stereocenters. The second-order valence-corrected chi connectivity index (χ2v) is 6.02. The van der Waals surface area contributed by atoms with Crippen molar-refractivity contribution in [1.82, 2.24) is 4.90 Å². The van der Waals surface area contributed by atoms with Crippen LogP contribution in [0.2, 0.25) is 0 Å². The van der Waals surface area contributed by atoms with E-state index in [1.165, 1.54) is 30.0 Å². The van der Waals surface area contributed by atoms with Crippen molar-refractivity contribution in [3.05, 3.63) is 71.0 Å². The molecule has 134 valence electrons. The van der Waals surface area contributed by atoms with Gasteiger partial charge in [-0.05, 0) is 23.8 Å². The van der Waals surface area contributed by atoms with E-state index in [4.69, 9.17) is 10.5 Å². The normalized spacial score (nSPS) is 19.0. The van der Waals surface area contributed by atoms with Gasteiger partial charge in [-0.1, -0.05) is 30.3 Å². The molecule has 0 spiro atoms. The fourth-order valence-electron chi connectivity index (χ4n) is 3.00. The SMILES string of the molecule is CC(=O)OC1C(=O)N(Cc2ccccc2F)C1c1ccc(C(N)=O)cc1. The number of ether oxygens (including phenoxy) is 1. The number of amides is 2. The molecule has 0 aromatic heterocycles. The highest BCUT2D eigenvalue weighted by Gasteiger charge is 2.50. The smallest absolute Gasteiger partial charge is 0.303 e. The Balaban J connectivity index is 1.90. The second kappa shape index (κ2) is 6.95. The predicted octanol–water partition coefficient (Wildman–Crippen LogP) is 1.94. The molecular formula is C19H17FN2O4. The Morgan fingerprint density at radius 3 is 2.38 bits per heavy atom. The van der Waals surface area contributed by atoms with Crippen molar-refractivity contribution in [2.75, 3.05) is 0 Å². The molecule has 0 saturated carbocycles. The molecule has 2 atom stereocenters. The number of primary amides is 1. The van der Waals surface area contributed by atoms with Crippen LogP contribution in [0.25, 0.3) is 0 Å². The number of nitrogens with two attached hydrogens (primary N) is 1. The van der Waals surface area contributed by atoms with E-state index in [9.17, 15) is 18.8 Å². The number of carbonyl (C=O) groups excluding carboxylic acids is 3. The number of carbonyl (C=O) groups is 3. The first-order valence-electron chi connectivity index (χ1n) is 7.99. The summed E-state index contributed by atoms with van der Waals surface area (Å²) < 4.78 is 19.1. The fraction of sp³-hybridized carbons (Fsp3) is 0.211. The molecule has 7 heteroatoms. The van der Waals surface area contributed by atoms with Gasteiger partial charge in [-0.25, -0.2) is 4.39 Å². The summed E-state index contributed by atoms with van der Waals surface area (Å²) in [5.41, 5.74) is 6.58. The number of rotatable bonds is 5. The summed E-state index contributed by atoms with van der Waals surface area (Å²) in [6.07, 6.45) is -0.973. The van der Waals surface area contributed by atoms with Crippen molar-refractivity contribution >= 4 is 17.8 Å². The van der Waals surface area contributed by atoms with E-state index < -0.39 is 35.7 Å². The maximum atomic E-state index is 13.9. The molecule has 1 aliphatic rings. The van der Waals surface area contributed by atoms with Crippen LogP contribution >= 0.6 is 0 Å². The molecule has 1 aliphatic heterocycles. The van der Waals surface area contributed by atoms with Gasteiger partial charge in [-0.2, -0.15) is 0 Å². The molecule has 6 nitrogen and oxygen atoms in total. The van der Waals surface area contributed by atoms with Crippen molar-refractivity contribution in [1.29, 1.82) is 0 Å². The molecule has 2 amide bonds. The van der Waals surface area contributed by atoms with Crippen LogP contribution < -0.4 is 5.73 Å². The standard InChI is InChI=1S/C19H17FN2O4/c1-11(23)26-17-16(12-6-8-13(9-7-12)18(21)24)22(19(17)25)10-14-4-2-3-5-15(14)20/h2-9,16-17H,10H2,1H3,(H2,21,24). The highest BCUT2D eigenvalue weighted by molar-refractivity contribution is 5.93. The number of β-lactam (4-membered cyclic amide) rings is 1. The molecule has 26 heavy (non-hydrogen) atoms. The van der Waals surface area contributed by atoms with Gasteiger partial charge >= 0.3 is 5.97 Å². The summed E-state index contributed by atoms with van der Waals surface area (Å²) in [7, 11) is 0. The molecule has 2 aromatic rings. The summed E-state index contributed by atoms with van der Waals surface area (Å²) in [5.74, 6) is -1.96. The zero-order valence-corrected chi connectivity index (χ0v) is 14.0. The van der Waals surface area contributed by atoms with Gasteiger partial charge in [0.15, 0.2) is 0 Å². The summed E-state index contributed by atoms with van der Waals surface area (Å²) in [5, 5.41) is 0. The molecular weight excluding hydrogens is 339 g/mol. The van der Waals surface area contributed by atoms with E-state index in [0.29, 0.717) is 16.7 Å². The van der Waals surface area contributed by atoms with Crippen LogP contribution in [0.5, 0.6) is 0 Å². The van der Waals surface area contributed by atoms with Gasteiger partial charge in [0.1, 0.15) is 11.9 Å². The lowest BCUT2D eigenvalue weighted by molar-refractivity contribution is -0.183. The zero-order valence-electron chi connectivity index (χ0n) is 14.0. The van der Waals surface area contributed by atoms with Gasteiger partial charge in [0, 0.05) is 24.6 Å². The predicted molar refractivity (Wildman–Crippen MR) is 90.2 cm³/mol. The van der Waals surface area contributed by atoms with Crippen LogP contribution in [0.3, 0.4) is 0 Å². The number of likely N-dealkylation sites (tertiary alicyclic amines) is 1. The van der Waals surface area contributed by atoms with Crippen LogP contribution in [0, 0.1) is 5.82 Å².